The van der Waals surface area contributed by atoms with Crippen LogP contribution in [0.4, 0.5) is 0 Å². The number of pyridine rings is 1. The van der Waals surface area contributed by atoms with E-state index in [9.17, 15) is 13.2 Å². The van der Waals surface area contributed by atoms with E-state index in [2.05, 4.69) is 20.0 Å². The van der Waals surface area contributed by atoms with Gasteiger partial charge in [0, 0.05) is 36.3 Å². The zero-order valence-corrected chi connectivity index (χ0v) is 17.8. The first kappa shape index (κ1) is 21.1. The van der Waals surface area contributed by atoms with E-state index in [0.29, 0.717) is 6.54 Å². The topological polar surface area (TPSA) is 101 Å². The van der Waals surface area contributed by atoms with E-state index in [1.54, 1.807) is 30.6 Å². The molecule has 0 spiro atoms. The molecule has 7 nitrogen and oxygen atoms in total. The van der Waals surface area contributed by atoms with E-state index < -0.39 is 10.0 Å². The molecule has 0 bridgehead atoms. The summed E-state index contributed by atoms with van der Waals surface area (Å²) >= 11 is 1.46. The van der Waals surface area contributed by atoms with Crippen LogP contribution in [-0.4, -0.2) is 30.8 Å². The molecule has 3 rings (SSSR count). The van der Waals surface area contributed by atoms with E-state index in [1.165, 1.54) is 11.3 Å². The molecule has 1 amide bonds. The van der Waals surface area contributed by atoms with Crippen molar-refractivity contribution in [2.45, 2.75) is 31.7 Å². The maximum absolute atomic E-state index is 12.3. The Hall–Kier alpha value is -2.62. The molecule has 9 heteroatoms. The van der Waals surface area contributed by atoms with Gasteiger partial charge in [-0.15, -0.1) is 11.3 Å². The van der Waals surface area contributed by atoms with E-state index in [-0.39, 0.29) is 23.8 Å². The van der Waals surface area contributed by atoms with Gasteiger partial charge in [0.05, 0.1) is 17.1 Å². The molecule has 2 aromatic heterocycles. The molecule has 0 aliphatic heterocycles. The second kappa shape index (κ2) is 9.25. The Bertz CT molecular complexity index is 1100. The largest absolute Gasteiger partial charge is 0.350 e. The summed E-state index contributed by atoms with van der Waals surface area (Å²) in [7, 11) is -3.64. The molecule has 0 unspecified atom stereocenters. The lowest BCUT2D eigenvalue weighted by Crippen LogP contribution is -2.30. The third-order valence-electron chi connectivity index (χ3n) is 4.40. The zero-order chi connectivity index (χ0) is 20.9. The van der Waals surface area contributed by atoms with Crippen molar-refractivity contribution in [3.05, 3.63) is 64.2 Å². The lowest BCUT2D eigenvalue weighted by molar-refractivity contribution is -0.121. The van der Waals surface area contributed by atoms with Crippen molar-refractivity contribution in [2.24, 2.45) is 0 Å². The van der Waals surface area contributed by atoms with Crippen molar-refractivity contribution in [2.75, 3.05) is 6.54 Å². The normalized spacial score (nSPS) is 11.4. The van der Waals surface area contributed by atoms with Crippen LogP contribution in [0.5, 0.6) is 0 Å². The molecule has 2 N–H and O–H groups in total. The first-order valence-corrected chi connectivity index (χ1v) is 11.4. The first-order valence-electron chi connectivity index (χ1n) is 9.03. The highest BCUT2D eigenvalue weighted by atomic mass is 32.2. The number of aryl methyl sites for hydroxylation is 2. The SMILES string of the molecule is Cc1ccc(S(=O)(=O)NCCC(=O)NCc2nc(-c3ccncc3)cs2)cc1C. The number of hydrogen-bond donors (Lipinski definition) is 2. The van der Waals surface area contributed by atoms with Gasteiger partial charge in [0.15, 0.2) is 0 Å². The standard InChI is InChI=1S/C20H22N4O3S2/c1-14-3-4-17(11-15(14)2)29(26,27)23-10-7-19(25)22-12-20-24-18(13-28-20)16-5-8-21-9-6-16/h3-6,8-9,11,13,23H,7,10,12H2,1-2H3,(H,22,25). The number of thiazole rings is 1. The highest BCUT2D eigenvalue weighted by molar-refractivity contribution is 7.89. The van der Waals surface area contributed by atoms with Crippen molar-refractivity contribution in [1.82, 2.24) is 20.0 Å². The maximum atomic E-state index is 12.3. The predicted molar refractivity (Wildman–Crippen MR) is 113 cm³/mol. The van der Waals surface area contributed by atoms with Crippen LogP contribution in [0.15, 0.2) is 53.0 Å². The minimum absolute atomic E-state index is 0.0290. The second-order valence-electron chi connectivity index (χ2n) is 6.53. The molecular formula is C20H22N4O3S2. The van der Waals surface area contributed by atoms with E-state index in [0.717, 1.165) is 27.4 Å². The van der Waals surface area contributed by atoms with Crippen molar-refractivity contribution >= 4 is 27.3 Å². The van der Waals surface area contributed by atoms with Crippen molar-refractivity contribution in [3.8, 4) is 11.3 Å². The fourth-order valence-electron chi connectivity index (χ4n) is 2.57. The molecule has 0 saturated carbocycles. The number of rotatable bonds is 8. The van der Waals surface area contributed by atoms with E-state index >= 15 is 0 Å². The van der Waals surface area contributed by atoms with Crippen molar-refractivity contribution in [1.29, 1.82) is 0 Å². The zero-order valence-electron chi connectivity index (χ0n) is 16.2. The quantitative estimate of drug-likeness (QED) is 0.572. The average Bonchev–Trinajstić information content (AvgIpc) is 3.18. The summed E-state index contributed by atoms with van der Waals surface area (Å²) in [5, 5.41) is 5.47. The van der Waals surface area contributed by atoms with Gasteiger partial charge in [0.1, 0.15) is 5.01 Å². The van der Waals surface area contributed by atoms with Crippen molar-refractivity contribution in [3.63, 3.8) is 0 Å². The number of nitrogens with zero attached hydrogens (tertiary/aromatic N) is 2. The van der Waals surface area contributed by atoms with Gasteiger partial charge in [0.25, 0.3) is 0 Å². The van der Waals surface area contributed by atoms with Crippen LogP contribution in [-0.2, 0) is 21.4 Å². The molecular weight excluding hydrogens is 408 g/mol. The number of carbonyl (C=O) groups is 1. The van der Waals surface area contributed by atoms with Gasteiger partial charge in [-0.3, -0.25) is 9.78 Å². The van der Waals surface area contributed by atoms with Crippen LogP contribution in [0, 0.1) is 13.8 Å². The summed E-state index contributed by atoms with van der Waals surface area (Å²) in [6, 6.07) is 8.71. The van der Waals surface area contributed by atoms with Crippen LogP contribution in [0.1, 0.15) is 22.6 Å². The minimum Gasteiger partial charge on any atom is -0.350 e. The monoisotopic (exact) mass is 430 g/mol. The van der Waals surface area contributed by atoms with Crippen molar-refractivity contribution < 1.29 is 13.2 Å². The summed E-state index contributed by atoms with van der Waals surface area (Å²) in [5.41, 5.74) is 3.73. The summed E-state index contributed by atoms with van der Waals surface area (Å²) < 4.78 is 27.1. The Balaban J connectivity index is 1.47. The van der Waals surface area contributed by atoms with Gasteiger partial charge in [-0.05, 0) is 49.2 Å². The summed E-state index contributed by atoms with van der Waals surface area (Å²) in [6.07, 6.45) is 3.46. The van der Waals surface area contributed by atoms with Crippen LogP contribution in [0.25, 0.3) is 11.3 Å². The molecule has 29 heavy (non-hydrogen) atoms. The number of sulfonamides is 1. The average molecular weight is 431 g/mol. The number of carbonyl (C=O) groups excluding carboxylic acids is 1. The van der Waals surface area contributed by atoms with Crippen LogP contribution < -0.4 is 10.0 Å². The molecule has 0 fully saturated rings. The number of nitrogens with one attached hydrogen (secondary N) is 2. The Morgan fingerprint density at radius 2 is 1.86 bits per heavy atom. The van der Waals surface area contributed by atoms with E-state index in [1.807, 2.05) is 31.4 Å². The third-order valence-corrected chi connectivity index (χ3v) is 6.70. The van der Waals surface area contributed by atoms with E-state index in [4.69, 9.17) is 0 Å². The number of hydrogen-bond acceptors (Lipinski definition) is 6. The molecule has 152 valence electrons. The van der Waals surface area contributed by atoms with Gasteiger partial charge >= 0.3 is 0 Å². The summed E-state index contributed by atoms with van der Waals surface area (Å²) in [5.74, 6) is -0.242. The minimum atomic E-state index is -3.64. The molecule has 3 aromatic rings. The molecule has 1 aromatic carbocycles. The maximum Gasteiger partial charge on any atom is 0.240 e. The highest BCUT2D eigenvalue weighted by Crippen LogP contribution is 2.21. The molecule has 2 heterocycles. The lowest BCUT2D eigenvalue weighted by atomic mass is 10.1. The van der Waals surface area contributed by atoms with Gasteiger partial charge in [-0.25, -0.2) is 18.1 Å². The first-order chi connectivity index (χ1) is 13.8. The number of amides is 1. The van der Waals surface area contributed by atoms with Crippen LogP contribution in [0.2, 0.25) is 0 Å². The fraction of sp³-hybridized carbons (Fsp3) is 0.250. The highest BCUT2D eigenvalue weighted by Gasteiger charge is 2.15. The second-order valence-corrected chi connectivity index (χ2v) is 9.24. The summed E-state index contributed by atoms with van der Waals surface area (Å²) in [6.45, 7) is 4.12. The van der Waals surface area contributed by atoms with Gasteiger partial charge in [0.2, 0.25) is 15.9 Å². The van der Waals surface area contributed by atoms with Gasteiger partial charge in [-0.1, -0.05) is 6.07 Å². The Kier molecular flexibility index (Phi) is 6.73. The number of aromatic nitrogens is 2. The van der Waals surface area contributed by atoms with Crippen LogP contribution in [0.3, 0.4) is 0 Å². The van der Waals surface area contributed by atoms with Gasteiger partial charge < -0.3 is 5.32 Å². The molecule has 0 aliphatic rings. The smallest absolute Gasteiger partial charge is 0.240 e. The Morgan fingerprint density at radius 1 is 1.10 bits per heavy atom. The van der Waals surface area contributed by atoms with Gasteiger partial charge in [-0.2, -0.15) is 0 Å². The molecule has 0 aliphatic carbocycles. The molecule has 0 saturated heterocycles. The lowest BCUT2D eigenvalue weighted by Gasteiger charge is -2.09. The molecule has 0 radical (unpaired) electrons. The predicted octanol–water partition coefficient (Wildman–Crippen LogP) is 2.81. The van der Waals surface area contributed by atoms with Crippen LogP contribution >= 0.6 is 11.3 Å². The summed E-state index contributed by atoms with van der Waals surface area (Å²) in [4.78, 5) is 20.7. The third kappa shape index (κ3) is 5.69. The Labute approximate surface area is 174 Å². The number of benzene rings is 1. The fourth-order valence-corrected chi connectivity index (χ4v) is 4.43. The molecule has 0 atom stereocenters. The Morgan fingerprint density at radius 3 is 2.59 bits per heavy atom.